The van der Waals surface area contributed by atoms with E-state index >= 15 is 0 Å². The van der Waals surface area contributed by atoms with Gasteiger partial charge >= 0.3 is 6.03 Å². The maximum atomic E-state index is 12.1. The average Bonchev–Trinajstić information content (AvgIpc) is 3.16. The lowest BCUT2D eigenvalue weighted by molar-refractivity contribution is 0.237. The number of hydrogen-bond donors (Lipinski definition) is 2. The van der Waals surface area contributed by atoms with Crippen LogP contribution in [0.15, 0.2) is 29.9 Å². The van der Waals surface area contributed by atoms with Gasteiger partial charge in [-0.3, -0.25) is 0 Å². The van der Waals surface area contributed by atoms with Crippen molar-refractivity contribution in [3.8, 4) is 0 Å². The number of anilines is 1. The van der Waals surface area contributed by atoms with Gasteiger partial charge in [-0.2, -0.15) is 0 Å². The maximum absolute atomic E-state index is 12.1. The zero-order valence-electron chi connectivity index (χ0n) is 13.9. The third kappa shape index (κ3) is 4.23. The van der Waals surface area contributed by atoms with Crippen LogP contribution in [-0.2, 0) is 6.54 Å². The van der Waals surface area contributed by atoms with E-state index in [1.807, 2.05) is 30.6 Å². The average molecular weight is 345 g/mol. The fraction of sp³-hybridized carbons (Fsp3) is 0.471. The normalized spacial score (nSPS) is 15.8. The number of aromatic nitrogens is 2. The SMILES string of the molecule is C[C@@H](NC(=O)NCc1cccnc1N1CCCCC1)c1nccs1. The minimum Gasteiger partial charge on any atom is -0.356 e. The van der Waals surface area contributed by atoms with Gasteiger partial charge in [0.1, 0.15) is 10.8 Å². The van der Waals surface area contributed by atoms with Gasteiger partial charge in [0.15, 0.2) is 0 Å². The monoisotopic (exact) mass is 345 g/mol. The zero-order chi connectivity index (χ0) is 16.8. The Balaban J connectivity index is 1.57. The first-order valence-corrected chi connectivity index (χ1v) is 9.24. The van der Waals surface area contributed by atoms with Crippen molar-refractivity contribution < 1.29 is 4.79 Å². The first-order chi connectivity index (χ1) is 11.7. The summed E-state index contributed by atoms with van der Waals surface area (Å²) in [6.45, 7) is 4.48. The second-order valence-electron chi connectivity index (χ2n) is 5.95. The maximum Gasteiger partial charge on any atom is 0.315 e. The quantitative estimate of drug-likeness (QED) is 0.874. The van der Waals surface area contributed by atoms with Crippen LogP contribution in [0.1, 0.15) is 42.8 Å². The Hall–Kier alpha value is -2.15. The minimum atomic E-state index is -0.189. The lowest BCUT2D eigenvalue weighted by Gasteiger charge is -2.29. The van der Waals surface area contributed by atoms with Crippen LogP contribution in [0.3, 0.4) is 0 Å². The fourth-order valence-corrected chi connectivity index (χ4v) is 3.54. The van der Waals surface area contributed by atoms with Gasteiger partial charge in [-0.15, -0.1) is 11.3 Å². The van der Waals surface area contributed by atoms with Gasteiger partial charge < -0.3 is 15.5 Å². The number of amides is 2. The highest BCUT2D eigenvalue weighted by molar-refractivity contribution is 7.09. The molecule has 1 aliphatic heterocycles. The van der Waals surface area contributed by atoms with E-state index in [2.05, 4.69) is 25.5 Å². The second kappa shape index (κ2) is 8.10. The second-order valence-corrected chi connectivity index (χ2v) is 6.88. The summed E-state index contributed by atoms with van der Waals surface area (Å²) in [5.41, 5.74) is 1.05. The molecular formula is C17H23N5OS. The molecule has 3 rings (SSSR count). The molecule has 128 valence electrons. The molecule has 1 fully saturated rings. The Labute approximate surface area is 146 Å². The van der Waals surface area contributed by atoms with Gasteiger partial charge in [-0.1, -0.05) is 6.07 Å². The highest BCUT2D eigenvalue weighted by Gasteiger charge is 2.16. The summed E-state index contributed by atoms with van der Waals surface area (Å²) in [4.78, 5) is 23.2. The molecule has 1 saturated heterocycles. The highest BCUT2D eigenvalue weighted by atomic mass is 32.1. The summed E-state index contributed by atoms with van der Waals surface area (Å²) < 4.78 is 0. The number of thiazole rings is 1. The van der Waals surface area contributed by atoms with Crippen molar-refractivity contribution in [1.82, 2.24) is 20.6 Å². The molecule has 24 heavy (non-hydrogen) atoms. The van der Waals surface area contributed by atoms with E-state index in [0.717, 1.165) is 29.5 Å². The minimum absolute atomic E-state index is 0.0968. The summed E-state index contributed by atoms with van der Waals surface area (Å²) in [5.74, 6) is 0.991. The van der Waals surface area contributed by atoms with Crippen LogP contribution in [0.2, 0.25) is 0 Å². The Morgan fingerprint density at radius 1 is 1.29 bits per heavy atom. The predicted octanol–water partition coefficient (Wildman–Crippen LogP) is 3.09. The summed E-state index contributed by atoms with van der Waals surface area (Å²) in [6.07, 6.45) is 7.26. The molecular weight excluding hydrogens is 322 g/mol. The number of piperidine rings is 1. The lowest BCUT2D eigenvalue weighted by Crippen LogP contribution is -2.37. The zero-order valence-corrected chi connectivity index (χ0v) is 14.7. The van der Waals surface area contributed by atoms with Gasteiger partial charge in [-0.25, -0.2) is 14.8 Å². The molecule has 1 aliphatic rings. The van der Waals surface area contributed by atoms with Gasteiger partial charge in [0, 0.05) is 43.0 Å². The van der Waals surface area contributed by atoms with Crippen molar-refractivity contribution >= 4 is 23.2 Å². The molecule has 3 heterocycles. The number of nitrogens with one attached hydrogen (secondary N) is 2. The Morgan fingerprint density at radius 2 is 2.12 bits per heavy atom. The van der Waals surface area contributed by atoms with Crippen LogP contribution in [0.5, 0.6) is 0 Å². The van der Waals surface area contributed by atoms with Crippen LogP contribution in [-0.4, -0.2) is 29.1 Å². The van der Waals surface area contributed by atoms with Crippen LogP contribution in [0.25, 0.3) is 0 Å². The van der Waals surface area contributed by atoms with E-state index in [0.29, 0.717) is 6.54 Å². The van der Waals surface area contributed by atoms with Crippen molar-refractivity contribution in [1.29, 1.82) is 0 Å². The molecule has 2 aromatic rings. The van der Waals surface area contributed by atoms with E-state index in [1.165, 1.54) is 30.6 Å². The summed E-state index contributed by atoms with van der Waals surface area (Å²) >= 11 is 1.54. The highest BCUT2D eigenvalue weighted by Crippen LogP contribution is 2.21. The van der Waals surface area contributed by atoms with Crippen LogP contribution < -0.4 is 15.5 Å². The Bertz CT molecular complexity index is 655. The van der Waals surface area contributed by atoms with E-state index in [4.69, 9.17) is 0 Å². The summed E-state index contributed by atoms with van der Waals surface area (Å²) in [6, 6.07) is 3.66. The first-order valence-electron chi connectivity index (χ1n) is 8.36. The molecule has 0 aromatic carbocycles. The molecule has 0 radical (unpaired) electrons. The largest absolute Gasteiger partial charge is 0.356 e. The van der Waals surface area contributed by atoms with Crippen molar-refractivity contribution in [3.63, 3.8) is 0 Å². The fourth-order valence-electron chi connectivity index (χ4n) is 2.89. The number of nitrogens with zero attached hydrogens (tertiary/aromatic N) is 3. The number of carbonyl (C=O) groups excluding carboxylic acids is 1. The van der Waals surface area contributed by atoms with Gasteiger partial charge in [0.2, 0.25) is 0 Å². The van der Waals surface area contributed by atoms with E-state index in [9.17, 15) is 4.79 Å². The summed E-state index contributed by atoms with van der Waals surface area (Å²) in [5, 5.41) is 8.66. The van der Waals surface area contributed by atoms with Crippen LogP contribution >= 0.6 is 11.3 Å². The molecule has 7 heteroatoms. The summed E-state index contributed by atoms with van der Waals surface area (Å²) in [7, 11) is 0. The number of rotatable bonds is 5. The molecule has 6 nitrogen and oxygen atoms in total. The molecule has 0 aliphatic carbocycles. The Kier molecular flexibility index (Phi) is 5.63. The Morgan fingerprint density at radius 3 is 2.88 bits per heavy atom. The molecule has 0 unspecified atom stereocenters. The molecule has 2 N–H and O–H groups in total. The third-order valence-corrected chi connectivity index (χ3v) is 5.09. The van der Waals surface area contributed by atoms with Crippen molar-refractivity contribution in [2.45, 2.75) is 38.8 Å². The van der Waals surface area contributed by atoms with E-state index in [1.54, 1.807) is 6.20 Å². The number of urea groups is 1. The molecule has 2 amide bonds. The van der Waals surface area contributed by atoms with Crippen molar-refractivity contribution in [3.05, 3.63) is 40.5 Å². The number of carbonyl (C=O) groups is 1. The van der Waals surface area contributed by atoms with Crippen molar-refractivity contribution in [2.75, 3.05) is 18.0 Å². The van der Waals surface area contributed by atoms with Crippen LogP contribution in [0, 0.1) is 0 Å². The van der Waals surface area contributed by atoms with E-state index < -0.39 is 0 Å². The molecule has 0 spiro atoms. The standard InChI is InChI=1S/C17H23N5OS/c1-13(16-19-8-11-24-16)21-17(23)20-12-14-6-5-7-18-15(14)22-9-3-2-4-10-22/h5-8,11,13H,2-4,9-10,12H2,1H3,(H2,20,21,23)/t13-/m1/s1. The number of hydrogen-bond acceptors (Lipinski definition) is 5. The molecule has 1 atom stereocenters. The third-order valence-electron chi connectivity index (χ3n) is 4.13. The molecule has 0 saturated carbocycles. The van der Waals surface area contributed by atoms with Gasteiger partial charge in [-0.05, 0) is 32.3 Å². The molecule has 2 aromatic heterocycles. The number of pyridine rings is 1. The van der Waals surface area contributed by atoms with Gasteiger partial charge in [0.05, 0.1) is 6.04 Å². The van der Waals surface area contributed by atoms with E-state index in [-0.39, 0.29) is 12.1 Å². The topological polar surface area (TPSA) is 70.2 Å². The van der Waals surface area contributed by atoms with Gasteiger partial charge in [0.25, 0.3) is 0 Å². The first kappa shape index (κ1) is 16.7. The van der Waals surface area contributed by atoms with Crippen molar-refractivity contribution in [2.24, 2.45) is 0 Å². The van der Waals surface area contributed by atoms with Crippen LogP contribution in [0.4, 0.5) is 10.6 Å². The molecule has 0 bridgehead atoms. The predicted molar refractivity (Wildman–Crippen MR) is 96.2 cm³/mol. The lowest BCUT2D eigenvalue weighted by atomic mass is 10.1. The smallest absolute Gasteiger partial charge is 0.315 e.